The van der Waals surface area contributed by atoms with Gasteiger partial charge in [0.1, 0.15) is 39.6 Å². The molecule has 6 atom stereocenters. The topological polar surface area (TPSA) is 131 Å². The lowest BCUT2D eigenvalue weighted by molar-refractivity contribution is -0.0967. The number of nitrogens with one attached hydrogen (secondary N) is 1. The third-order valence-electron chi connectivity index (χ3n) is 12.8. The third kappa shape index (κ3) is 6.34. The zero-order chi connectivity index (χ0) is 38.1. The molecule has 0 bridgehead atoms. The zero-order valence-electron chi connectivity index (χ0n) is 31.6. The first kappa shape index (κ1) is 36.1. The first-order valence-electron chi connectivity index (χ1n) is 19.7. The highest BCUT2D eigenvalue weighted by molar-refractivity contribution is 6.02. The summed E-state index contributed by atoms with van der Waals surface area (Å²) in [7, 11) is 1.42. The maximum Gasteiger partial charge on any atom is 0.407 e. The second kappa shape index (κ2) is 13.9. The summed E-state index contributed by atoms with van der Waals surface area (Å²) in [4.78, 5) is 31.2. The van der Waals surface area contributed by atoms with E-state index in [4.69, 9.17) is 28.9 Å². The van der Waals surface area contributed by atoms with Crippen molar-refractivity contribution < 1.29 is 37.6 Å². The number of anilines is 1. The Kier molecular flexibility index (Phi) is 9.11. The Labute approximate surface area is 318 Å². The quantitative estimate of drug-likeness (QED) is 0.204. The number of alkyl carbamates (subject to hydrolysis) is 1. The number of nitrogens with zero attached hydrogens (tertiary/aromatic N) is 5. The summed E-state index contributed by atoms with van der Waals surface area (Å²) >= 11 is 0. The number of piperidine rings is 2. The average Bonchev–Trinajstić information content (AvgIpc) is 3.76. The van der Waals surface area contributed by atoms with E-state index in [0.29, 0.717) is 62.4 Å². The van der Waals surface area contributed by atoms with Crippen molar-refractivity contribution in [3.63, 3.8) is 0 Å². The fourth-order valence-electron chi connectivity index (χ4n) is 10.5. The Balaban J connectivity index is 1.14. The number of aromatic hydroxyl groups is 1. The van der Waals surface area contributed by atoms with E-state index in [1.807, 2.05) is 4.90 Å². The number of carbonyl (C=O) groups is 1. The summed E-state index contributed by atoms with van der Waals surface area (Å²) in [5.74, 6) is -1.21. The molecule has 2 unspecified atom stereocenters. The van der Waals surface area contributed by atoms with Crippen molar-refractivity contribution in [2.75, 3.05) is 44.8 Å². The molecule has 1 saturated carbocycles. The highest BCUT2D eigenvalue weighted by Gasteiger charge is 2.51. The molecule has 4 saturated heterocycles. The molecule has 1 spiro atoms. The third-order valence-corrected chi connectivity index (χ3v) is 12.8. The van der Waals surface area contributed by atoms with Gasteiger partial charge in [-0.2, -0.15) is 9.97 Å². The number of pyridine rings is 1. The smallest absolute Gasteiger partial charge is 0.407 e. The number of benzene rings is 2. The molecule has 6 heterocycles. The van der Waals surface area contributed by atoms with Crippen LogP contribution in [0.15, 0.2) is 30.3 Å². The lowest BCUT2D eigenvalue weighted by atomic mass is 9.74. The Morgan fingerprint density at radius 2 is 1.82 bits per heavy atom. The van der Waals surface area contributed by atoms with Gasteiger partial charge in [-0.05, 0) is 95.3 Å². The summed E-state index contributed by atoms with van der Waals surface area (Å²) in [6.07, 6.45) is 8.58. The van der Waals surface area contributed by atoms with E-state index in [0.717, 1.165) is 51.5 Å². The van der Waals surface area contributed by atoms with Crippen LogP contribution in [0.2, 0.25) is 0 Å². The van der Waals surface area contributed by atoms with Crippen molar-refractivity contribution in [1.29, 1.82) is 0 Å². The first-order chi connectivity index (χ1) is 26.5. The first-order valence-corrected chi connectivity index (χ1v) is 19.7. The fraction of sp³-hybridized carbons (Fsp3) is 0.561. The van der Waals surface area contributed by atoms with Crippen molar-refractivity contribution in [1.82, 2.24) is 25.2 Å². The van der Waals surface area contributed by atoms with Crippen molar-refractivity contribution in [3.8, 4) is 28.9 Å². The van der Waals surface area contributed by atoms with Crippen molar-refractivity contribution in [2.24, 2.45) is 5.41 Å². The molecule has 55 heavy (non-hydrogen) atoms. The predicted octanol–water partition coefficient (Wildman–Crippen LogP) is 6.89. The maximum absolute atomic E-state index is 17.3. The largest absolute Gasteiger partial charge is 0.508 e. The van der Waals surface area contributed by atoms with Gasteiger partial charge in [-0.25, -0.2) is 18.6 Å². The minimum absolute atomic E-state index is 0.0131. The molecule has 4 aliphatic heterocycles. The second-order valence-electron chi connectivity index (χ2n) is 16.4. The van der Waals surface area contributed by atoms with Gasteiger partial charge in [-0.3, -0.25) is 4.90 Å². The molecule has 5 aliphatic rings. The number of carbonyl (C=O) groups excluding carboxylic acids is 1. The van der Waals surface area contributed by atoms with E-state index < -0.39 is 23.3 Å². The number of halogens is 2. The van der Waals surface area contributed by atoms with E-state index in [9.17, 15) is 9.90 Å². The standard InChI is InChI=1S/C41H48F2N6O6/c1-23-16-26(17-24(2)54-23)49-15-6-12-40(11-5-10-30(40)49)22-53-38-46-35-32(36(47-38)48-14-7-13-41(21-48)20-44-39(51)55-41)37(52-3)45-34(33(35)43)28-19-27(50)18-25-8-4-9-29(42)31(25)28/h4,8-9,18-19,23-24,26,30,50H,5-7,10-17,20-22H2,1-3H3,(H,44,51)/t23-,24+,26?,30?,40-,41+/m1/s1. The minimum atomic E-state index is -0.830. The molecule has 4 aromatic rings. The molecular weight excluding hydrogens is 710 g/mol. The van der Waals surface area contributed by atoms with Crippen LogP contribution in [0.25, 0.3) is 32.9 Å². The van der Waals surface area contributed by atoms with Gasteiger partial charge in [0, 0.05) is 35.0 Å². The van der Waals surface area contributed by atoms with Crippen molar-refractivity contribution in [2.45, 2.75) is 102 Å². The van der Waals surface area contributed by atoms with Crippen LogP contribution in [0.1, 0.15) is 71.6 Å². The van der Waals surface area contributed by atoms with Gasteiger partial charge in [0.05, 0.1) is 39.0 Å². The van der Waals surface area contributed by atoms with Gasteiger partial charge in [-0.15, -0.1) is 0 Å². The summed E-state index contributed by atoms with van der Waals surface area (Å²) in [6, 6.07) is 7.98. The highest BCUT2D eigenvalue weighted by Crippen LogP contribution is 2.50. The van der Waals surface area contributed by atoms with Crippen molar-refractivity contribution in [3.05, 3.63) is 42.0 Å². The van der Waals surface area contributed by atoms with Gasteiger partial charge in [-0.1, -0.05) is 18.6 Å². The van der Waals surface area contributed by atoms with E-state index >= 15 is 8.78 Å². The van der Waals surface area contributed by atoms with Crippen molar-refractivity contribution >= 4 is 33.6 Å². The van der Waals surface area contributed by atoms with E-state index in [1.165, 1.54) is 31.4 Å². The number of amides is 1. The molecule has 14 heteroatoms. The number of hydrogen-bond acceptors (Lipinski definition) is 11. The predicted molar refractivity (Wildman–Crippen MR) is 202 cm³/mol. The van der Waals surface area contributed by atoms with Gasteiger partial charge >= 0.3 is 12.1 Å². The molecule has 2 aromatic heterocycles. The number of phenolic OH excluding ortho intramolecular Hbond substituents is 1. The second-order valence-corrected chi connectivity index (χ2v) is 16.4. The summed E-state index contributed by atoms with van der Waals surface area (Å²) in [6.45, 7) is 6.93. The fourth-order valence-corrected chi connectivity index (χ4v) is 10.5. The van der Waals surface area contributed by atoms with Crippen LogP contribution in [0.4, 0.5) is 19.4 Å². The molecule has 5 fully saturated rings. The summed E-state index contributed by atoms with van der Waals surface area (Å²) in [5, 5.41) is 14.2. The van der Waals surface area contributed by atoms with Crippen LogP contribution in [-0.4, -0.2) is 101 Å². The minimum Gasteiger partial charge on any atom is -0.508 e. The summed E-state index contributed by atoms with van der Waals surface area (Å²) < 4.78 is 57.1. The molecule has 1 aliphatic carbocycles. The Morgan fingerprint density at radius 1 is 1.02 bits per heavy atom. The number of likely N-dealkylation sites (tertiary alicyclic amines) is 1. The van der Waals surface area contributed by atoms with Crippen LogP contribution in [0.5, 0.6) is 17.6 Å². The highest BCUT2D eigenvalue weighted by atomic mass is 19.1. The van der Waals surface area contributed by atoms with Gasteiger partial charge in [0.15, 0.2) is 5.82 Å². The maximum atomic E-state index is 17.3. The molecule has 12 nitrogen and oxygen atoms in total. The zero-order valence-corrected chi connectivity index (χ0v) is 31.6. The SMILES string of the molecule is COc1nc(-c2cc(O)cc3cccc(F)c23)c(F)c2nc(OC[C@]34CCCC3N(C3C[C@@H](C)O[C@@H](C)C3)CCC4)nc(N3CCC[C@]4(CNC(=O)O4)C3)c12. The summed E-state index contributed by atoms with van der Waals surface area (Å²) in [5.41, 5.74) is -1.18. The molecular formula is C41H48F2N6O6. The molecule has 292 valence electrons. The van der Waals surface area contributed by atoms with Crippen LogP contribution in [-0.2, 0) is 9.47 Å². The van der Waals surface area contributed by atoms with Gasteiger partial charge in [0.2, 0.25) is 5.88 Å². The number of aromatic nitrogens is 3. The monoisotopic (exact) mass is 758 g/mol. The number of hydrogen-bond donors (Lipinski definition) is 2. The number of methoxy groups -OCH3 is 1. The normalized spacial score (nSPS) is 29.8. The molecule has 0 radical (unpaired) electrons. The van der Waals surface area contributed by atoms with Gasteiger partial charge < -0.3 is 34.3 Å². The number of rotatable bonds is 7. The van der Waals surface area contributed by atoms with E-state index in [1.54, 1.807) is 6.07 Å². The Bertz CT molecular complexity index is 2150. The number of phenols is 1. The molecule has 9 rings (SSSR count). The average molecular weight is 759 g/mol. The molecule has 2 aromatic carbocycles. The Hall–Kier alpha value is -4.56. The molecule has 1 amide bonds. The molecule has 2 N–H and O–H groups in total. The lowest BCUT2D eigenvalue weighted by Gasteiger charge is -2.51. The van der Waals surface area contributed by atoms with Crippen LogP contribution in [0, 0.1) is 17.0 Å². The van der Waals surface area contributed by atoms with Gasteiger partial charge in [0.25, 0.3) is 0 Å². The van der Waals surface area contributed by atoms with Crippen LogP contribution < -0.4 is 19.7 Å². The van der Waals surface area contributed by atoms with E-state index in [-0.39, 0.29) is 62.8 Å². The Morgan fingerprint density at radius 3 is 2.60 bits per heavy atom. The van der Waals surface area contributed by atoms with E-state index in [2.05, 4.69) is 29.0 Å². The number of fused-ring (bicyclic) bond motifs is 3. The van der Waals surface area contributed by atoms with Crippen LogP contribution >= 0.6 is 0 Å². The van der Waals surface area contributed by atoms with Crippen LogP contribution in [0.3, 0.4) is 0 Å². The lowest BCUT2D eigenvalue weighted by Crippen LogP contribution is -2.57. The number of ether oxygens (including phenoxy) is 4.